The largest absolute Gasteiger partial charge is 0.370 e. The van der Waals surface area contributed by atoms with Gasteiger partial charge in [-0.15, -0.1) is 24.0 Å². The van der Waals surface area contributed by atoms with Gasteiger partial charge in [-0.05, 0) is 31.8 Å². The molecule has 2 rings (SSSR count). The fourth-order valence-corrected chi connectivity index (χ4v) is 3.26. The summed E-state index contributed by atoms with van der Waals surface area (Å²) in [6.45, 7) is 2.44. The number of aliphatic imine (C=N–C) groups is 1. The molecule has 0 bridgehead atoms. The molecular formula is C15H24FIN4S. The van der Waals surface area contributed by atoms with E-state index in [-0.39, 0.29) is 35.8 Å². The number of hydrogen-bond acceptors (Lipinski definition) is 3. The fourth-order valence-electron chi connectivity index (χ4n) is 2.35. The molecule has 0 saturated carbocycles. The van der Waals surface area contributed by atoms with Gasteiger partial charge in [-0.25, -0.2) is 4.39 Å². The van der Waals surface area contributed by atoms with Crippen LogP contribution < -0.4 is 5.73 Å². The maximum Gasteiger partial charge on any atom is 0.191 e. The summed E-state index contributed by atoms with van der Waals surface area (Å²) < 4.78 is 13.4. The van der Waals surface area contributed by atoms with Gasteiger partial charge in [-0.1, -0.05) is 12.1 Å². The van der Waals surface area contributed by atoms with Gasteiger partial charge in [0.25, 0.3) is 0 Å². The Morgan fingerprint density at radius 3 is 2.68 bits per heavy atom. The van der Waals surface area contributed by atoms with E-state index in [4.69, 9.17) is 5.73 Å². The highest BCUT2D eigenvalue weighted by Gasteiger charge is 2.16. The fraction of sp³-hybridized carbons (Fsp3) is 0.533. The van der Waals surface area contributed by atoms with E-state index in [0.717, 1.165) is 30.2 Å². The Morgan fingerprint density at radius 1 is 1.41 bits per heavy atom. The van der Waals surface area contributed by atoms with E-state index in [0.29, 0.717) is 12.5 Å². The molecule has 1 aromatic rings. The Morgan fingerprint density at radius 2 is 2.09 bits per heavy atom. The number of likely N-dealkylation sites (N-methyl/N-ethyl adjacent to an activating group) is 1. The van der Waals surface area contributed by atoms with Gasteiger partial charge in [0.15, 0.2) is 5.96 Å². The van der Waals surface area contributed by atoms with Crippen LogP contribution in [-0.4, -0.2) is 61.0 Å². The quantitative estimate of drug-likeness (QED) is 0.446. The van der Waals surface area contributed by atoms with Crippen molar-refractivity contribution in [2.75, 3.05) is 45.2 Å². The van der Waals surface area contributed by atoms with Crippen LogP contribution in [0.2, 0.25) is 0 Å². The molecule has 1 aliphatic rings. The average molecular weight is 438 g/mol. The first-order valence-corrected chi connectivity index (χ1v) is 8.28. The van der Waals surface area contributed by atoms with Gasteiger partial charge in [0.05, 0.1) is 12.6 Å². The molecule has 1 fully saturated rings. The molecule has 1 saturated heterocycles. The molecule has 1 heterocycles. The third-order valence-corrected chi connectivity index (χ3v) is 4.56. The molecule has 7 heteroatoms. The number of rotatable bonds is 4. The topological polar surface area (TPSA) is 44.9 Å². The summed E-state index contributed by atoms with van der Waals surface area (Å²) in [6, 6.07) is 6.71. The monoisotopic (exact) mass is 438 g/mol. The molecule has 0 spiro atoms. The van der Waals surface area contributed by atoms with Gasteiger partial charge < -0.3 is 15.5 Å². The van der Waals surface area contributed by atoms with Crippen molar-refractivity contribution in [1.29, 1.82) is 0 Å². The summed E-state index contributed by atoms with van der Waals surface area (Å²) in [6.07, 6.45) is 0. The maximum atomic E-state index is 13.4. The van der Waals surface area contributed by atoms with Crippen LogP contribution in [0.5, 0.6) is 0 Å². The van der Waals surface area contributed by atoms with Crippen LogP contribution in [0.15, 0.2) is 29.3 Å². The summed E-state index contributed by atoms with van der Waals surface area (Å²) in [5.74, 6) is 2.57. The summed E-state index contributed by atoms with van der Waals surface area (Å²) in [5.41, 5.74) is 7.00. The lowest BCUT2D eigenvalue weighted by Crippen LogP contribution is -2.43. The zero-order chi connectivity index (χ0) is 15.2. The van der Waals surface area contributed by atoms with Crippen LogP contribution in [0.25, 0.3) is 0 Å². The van der Waals surface area contributed by atoms with E-state index in [1.165, 1.54) is 6.07 Å². The maximum absolute atomic E-state index is 13.4. The Kier molecular flexibility index (Phi) is 8.48. The van der Waals surface area contributed by atoms with E-state index in [1.54, 1.807) is 12.1 Å². The normalized spacial score (nSPS) is 17.3. The number of nitrogens with zero attached hydrogens (tertiary/aromatic N) is 3. The predicted octanol–water partition coefficient (Wildman–Crippen LogP) is 2.41. The van der Waals surface area contributed by atoms with Crippen LogP contribution >= 0.6 is 35.7 Å². The average Bonchev–Trinajstić information content (AvgIpc) is 2.48. The van der Waals surface area contributed by atoms with Gasteiger partial charge in [0.2, 0.25) is 0 Å². The van der Waals surface area contributed by atoms with Crippen LogP contribution in [0, 0.1) is 5.82 Å². The highest BCUT2D eigenvalue weighted by Crippen LogP contribution is 2.19. The summed E-state index contributed by atoms with van der Waals surface area (Å²) >= 11 is 1.94. The molecule has 22 heavy (non-hydrogen) atoms. The second kappa shape index (κ2) is 9.57. The molecular weight excluding hydrogens is 414 g/mol. The van der Waals surface area contributed by atoms with Crippen molar-refractivity contribution in [3.8, 4) is 0 Å². The second-order valence-electron chi connectivity index (χ2n) is 5.33. The molecule has 0 radical (unpaired) electrons. The number of benzene rings is 1. The number of hydrogen-bond donors (Lipinski definition) is 1. The molecule has 1 unspecified atom stereocenters. The molecule has 0 amide bonds. The molecule has 124 valence electrons. The van der Waals surface area contributed by atoms with Crippen molar-refractivity contribution in [3.63, 3.8) is 0 Å². The first kappa shape index (κ1) is 19.5. The molecule has 1 aromatic carbocycles. The molecule has 0 aromatic heterocycles. The number of guanidine groups is 1. The van der Waals surface area contributed by atoms with Crippen molar-refractivity contribution >= 4 is 41.7 Å². The molecule has 4 nitrogen and oxygen atoms in total. The van der Waals surface area contributed by atoms with E-state index in [1.807, 2.05) is 36.8 Å². The van der Waals surface area contributed by atoms with Crippen molar-refractivity contribution in [3.05, 3.63) is 35.6 Å². The molecule has 2 N–H and O–H groups in total. The summed E-state index contributed by atoms with van der Waals surface area (Å²) in [5, 5.41) is 0. The zero-order valence-corrected chi connectivity index (χ0v) is 16.2. The van der Waals surface area contributed by atoms with E-state index >= 15 is 0 Å². The minimum absolute atomic E-state index is 0. The smallest absolute Gasteiger partial charge is 0.191 e. The van der Waals surface area contributed by atoms with Crippen molar-refractivity contribution in [2.45, 2.75) is 6.04 Å². The summed E-state index contributed by atoms with van der Waals surface area (Å²) in [4.78, 5) is 8.68. The Labute approximate surface area is 153 Å². The number of halogens is 2. The van der Waals surface area contributed by atoms with Gasteiger partial charge in [-0.3, -0.25) is 4.99 Å². The molecule has 1 aliphatic heterocycles. The van der Waals surface area contributed by atoms with Crippen LogP contribution in [0.1, 0.15) is 11.6 Å². The van der Waals surface area contributed by atoms with Gasteiger partial charge in [0, 0.05) is 24.6 Å². The van der Waals surface area contributed by atoms with Gasteiger partial charge in [0.1, 0.15) is 5.82 Å². The van der Waals surface area contributed by atoms with Crippen molar-refractivity contribution < 1.29 is 4.39 Å². The Hall–Kier alpha value is -0.540. The highest BCUT2D eigenvalue weighted by molar-refractivity contribution is 14.0. The third kappa shape index (κ3) is 5.58. The summed E-state index contributed by atoms with van der Waals surface area (Å²) in [7, 11) is 3.94. The first-order valence-electron chi connectivity index (χ1n) is 7.12. The van der Waals surface area contributed by atoms with E-state index in [2.05, 4.69) is 9.89 Å². The van der Waals surface area contributed by atoms with Crippen molar-refractivity contribution in [2.24, 2.45) is 10.7 Å². The second-order valence-corrected chi connectivity index (χ2v) is 6.56. The Balaban J connectivity index is 0.00000242. The predicted molar refractivity (Wildman–Crippen MR) is 104 cm³/mol. The third-order valence-electron chi connectivity index (χ3n) is 3.62. The number of nitrogens with two attached hydrogens (primary N) is 1. The van der Waals surface area contributed by atoms with E-state index < -0.39 is 0 Å². The van der Waals surface area contributed by atoms with Crippen LogP contribution in [0.3, 0.4) is 0 Å². The lowest BCUT2D eigenvalue weighted by molar-refractivity contribution is 0.304. The van der Waals surface area contributed by atoms with E-state index in [9.17, 15) is 4.39 Å². The van der Waals surface area contributed by atoms with Crippen LogP contribution in [-0.2, 0) is 0 Å². The number of thioether (sulfide) groups is 1. The first-order chi connectivity index (χ1) is 10.1. The van der Waals surface area contributed by atoms with Crippen LogP contribution in [0.4, 0.5) is 4.39 Å². The van der Waals surface area contributed by atoms with Gasteiger partial charge >= 0.3 is 0 Å². The van der Waals surface area contributed by atoms with Gasteiger partial charge in [-0.2, -0.15) is 11.8 Å². The minimum atomic E-state index is -0.218. The zero-order valence-electron chi connectivity index (χ0n) is 13.0. The SMILES string of the molecule is CN(C)C(CN=C(N)N1CCSCC1)c1cccc(F)c1.I. The Bertz CT molecular complexity index is 492. The van der Waals surface area contributed by atoms with Crippen molar-refractivity contribution in [1.82, 2.24) is 9.80 Å². The molecule has 0 aliphatic carbocycles. The lowest BCUT2D eigenvalue weighted by Gasteiger charge is -2.28. The highest BCUT2D eigenvalue weighted by atomic mass is 127. The minimum Gasteiger partial charge on any atom is -0.370 e. The lowest BCUT2D eigenvalue weighted by atomic mass is 10.1. The standard InChI is InChI=1S/C15H23FN4S.HI/c1-19(2)14(12-4-3-5-13(16)10-12)11-18-15(17)20-6-8-21-9-7-20;/h3-5,10,14H,6-9,11H2,1-2H3,(H2,17,18);1H. The molecule has 1 atom stereocenters.